The SMILES string of the molecule is CNC(C)C(=O)NC(C(=O)N1Cc2ccc(NC(=O)C3(C)CN(C(=O)CN4C[C@@H](C)NC[C@@H]4CN4CCOC[C@H]4C)c4cc(Cc5ccc(F)cc5)ccc43)cc2[C@H]1C(=O)Nc1c(F)cccc1F)C1CCOCC1.Cl.Cl.Cl. The Bertz CT molecular complexity index is 2780. The molecule has 5 N–H and O–H groups in total. The Balaban J connectivity index is 0.00000328. The summed E-state index contributed by atoms with van der Waals surface area (Å²) >= 11 is 0. The molecule has 0 bridgehead atoms. The molecule has 78 heavy (non-hydrogen) atoms. The molecule has 5 amide bonds. The van der Waals surface area contributed by atoms with Gasteiger partial charge in [-0.2, -0.15) is 0 Å². The standard InChI is InChI=1S/C56H68F3N9O7.3ClH/c1-33-27-66(42(26-61-33)29-65-19-22-75-31-34(65)2)30-48(69)68-32-56(4,44-16-11-37(24-47(44)68)23-36-9-13-40(57)14-10-36)55(73)62-41-15-12-39-28-67(51(43(39)25-41)53(71)64-50-45(58)7-6-8-46(50)59)54(72)49(38-17-20-74-21-18-38)63-52(70)35(3)60-5;;;/h6-16,24-25,33-35,38,42,49,51,60-61H,17-23,26-32H2,1-5H3,(H,62,73)(H,63,70)(H,64,71);3*1H/t33-,34-,35?,42-,49?,51+,56?;;;/m1.../s1. The molecule has 5 aliphatic heterocycles. The predicted octanol–water partition coefficient (Wildman–Crippen LogP) is 6.13. The van der Waals surface area contributed by atoms with Crippen molar-refractivity contribution in [2.45, 2.75) is 95.2 Å². The van der Waals surface area contributed by atoms with Crippen LogP contribution in [0.15, 0.2) is 78.9 Å². The highest BCUT2D eigenvalue weighted by atomic mass is 35.5. The van der Waals surface area contributed by atoms with E-state index in [-0.39, 0.29) is 98.3 Å². The van der Waals surface area contributed by atoms with Crippen LogP contribution in [0.1, 0.15) is 74.4 Å². The van der Waals surface area contributed by atoms with Crippen LogP contribution in [0.4, 0.5) is 30.2 Å². The molecule has 424 valence electrons. The number of carbonyl (C=O) groups excluding carboxylic acids is 5. The molecule has 9 rings (SSSR count). The van der Waals surface area contributed by atoms with E-state index >= 15 is 13.6 Å². The number of amides is 5. The fourth-order valence-electron chi connectivity index (χ4n) is 11.2. The molecule has 4 aromatic rings. The summed E-state index contributed by atoms with van der Waals surface area (Å²) in [5.74, 6) is -5.22. The number of nitrogens with zero attached hydrogens (tertiary/aromatic N) is 4. The van der Waals surface area contributed by atoms with Crippen molar-refractivity contribution in [3.63, 3.8) is 0 Å². The summed E-state index contributed by atoms with van der Waals surface area (Å²) < 4.78 is 55.5. The molecule has 16 nitrogen and oxygen atoms in total. The van der Waals surface area contributed by atoms with Gasteiger partial charge in [0.25, 0.3) is 5.91 Å². The van der Waals surface area contributed by atoms with Crippen LogP contribution < -0.4 is 31.5 Å². The number of halogens is 6. The molecule has 0 spiro atoms. The first-order chi connectivity index (χ1) is 36.0. The van der Waals surface area contributed by atoms with Crippen LogP contribution in [-0.4, -0.2) is 147 Å². The largest absolute Gasteiger partial charge is 0.381 e. The minimum atomic E-state index is -1.44. The number of likely N-dealkylation sites (N-methyl/N-ethyl adjacent to an activating group) is 1. The number of hydrogen-bond acceptors (Lipinski definition) is 11. The van der Waals surface area contributed by atoms with Crippen molar-refractivity contribution < 1.29 is 46.6 Å². The highest BCUT2D eigenvalue weighted by molar-refractivity contribution is 6.07. The topological polar surface area (TPSA) is 177 Å². The maximum absolute atomic E-state index is 15.1. The highest BCUT2D eigenvalue weighted by Gasteiger charge is 2.49. The lowest BCUT2D eigenvalue weighted by molar-refractivity contribution is -0.144. The summed E-state index contributed by atoms with van der Waals surface area (Å²) in [5, 5.41) is 14.9. The predicted molar refractivity (Wildman–Crippen MR) is 299 cm³/mol. The van der Waals surface area contributed by atoms with Gasteiger partial charge < -0.3 is 45.9 Å². The molecular formula is C56H71Cl3F3N9O7. The second-order valence-electron chi connectivity index (χ2n) is 21.0. The Morgan fingerprint density at radius 3 is 2.24 bits per heavy atom. The minimum absolute atomic E-state index is 0. The average Bonchev–Trinajstić information content (AvgIpc) is 4.06. The molecule has 0 aromatic heterocycles. The third kappa shape index (κ3) is 13.4. The lowest BCUT2D eigenvalue weighted by atomic mass is 9.82. The third-order valence-corrected chi connectivity index (χ3v) is 15.8. The summed E-state index contributed by atoms with van der Waals surface area (Å²) in [7, 11) is 1.62. The molecule has 5 aliphatic rings. The normalized spacial score (nSPS) is 23.1. The summed E-state index contributed by atoms with van der Waals surface area (Å²) in [6.45, 7) is 12.7. The van der Waals surface area contributed by atoms with Crippen molar-refractivity contribution in [2.24, 2.45) is 5.92 Å². The van der Waals surface area contributed by atoms with Crippen LogP contribution in [0.25, 0.3) is 0 Å². The molecule has 7 atom stereocenters. The Morgan fingerprint density at radius 2 is 1.55 bits per heavy atom. The number of ether oxygens (including phenoxy) is 2. The minimum Gasteiger partial charge on any atom is -0.381 e. The zero-order valence-electron chi connectivity index (χ0n) is 44.5. The lowest BCUT2D eigenvalue weighted by Crippen LogP contribution is -2.62. The fraction of sp³-hybridized carbons (Fsp3) is 0.482. The van der Waals surface area contributed by atoms with Gasteiger partial charge in [0.2, 0.25) is 23.6 Å². The van der Waals surface area contributed by atoms with Gasteiger partial charge in [-0.1, -0.05) is 36.4 Å². The Labute approximate surface area is 472 Å². The zero-order chi connectivity index (χ0) is 53.1. The van der Waals surface area contributed by atoms with Gasteiger partial charge in [0.05, 0.1) is 31.2 Å². The van der Waals surface area contributed by atoms with E-state index in [9.17, 15) is 23.6 Å². The molecule has 3 saturated heterocycles. The highest BCUT2D eigenvalue weighted by Crippen LogP contribution is 2.44. The van der Waals surface area contributed by atoms with E-state index in [0.717, 1.165) is 36.3 Å². The smallest absolute Gasteiger partial charge is 0.252 e. The first-order valence-corrected chi connectivity index (χ1v) is 26.0. The molecule has 0 radical (unpaired) electrons. The van der Waals surface area contributed by atoms with E-state index in [1.807, 2.05) is 18.2 Å². The molecule has 3 fully saturated rings. The molecule has 4 aromatic carbocycles. The second-order valence-corrected chi connectivity index (χ2v) is 21.0. The first-order valence-electron chi connectivity index (χ1n) is 26.0. The number of piperazine rings is 1. The number of anilines is 3. The van der Waals surface area contributed by atoms with Crippen molar-refractivity contribution in [2.75, 3.05) is 88.3 Å². The molecule has 22 heteroatoms. The van der Waals surface area contributed by atoms with Crippen LogP contribution in [0.3, 0.4) is 0 Å². The van der Waals surface area contributed by atoms with Gasteiger partial charge in [-0.3, -0.25) is 33.8 Å². The van der Waals surface area contributed by atoms with Gasteiger partial charge in [0, 0.05) is 82.0 Å². The van der Waals surface area contributed by atoms with Crippen LogP contribution in [0, 0.1) is 23.4 Å². The molecule has 5 heterocycles. The zero-order valence-corrected chi connectivity index (χ0v) is 46.9. The van der Waals surface area contributed by atoms with Crippen molar-refractivity contribution in [3.8, 4) is 0 Å². The van der Waals surface area contributed by atoms with E-state index < -0.39 is 64.5 Å². The molecule has 0 aliphatic carbocycles. The number of fused-ring (bicyclic) bond motifs is 2. The number of nitrogens with one attached hydrogen (secondary N) is 5. The second kappa shape index (κ2) is 26.7. The van der Waals surface area contributed by atoms with E-state index in [1.54, 1.807) is 56.1 Å². The average molecular weight is 1150 g/mol. The van der Waals surface area contributed by atoms with Gasteiger partial charge in [0.15, 0.2) is 0 Å². The summed E-state index contributed by atoms with van der Waals surface area (Å²) in [6, 6.07) is 17.4. The van der Waals surface area contributed by atoms with Crippen molar-refractivity contribution >= 4 is 83.8 Å². The number of benzene rings is 4. The quantitative estimate of drug-likeness (QED) is 0.0927. The maximum atomic E-state index is 15.1. The van der Waals surface area contributed by atoms with E-state index in [0.29, 0.717) is 81.2 Å². The number of carbonyl (C=O) groups is 5. The van der Waals surface area contributed by atoms with Crippen molar-refractivity contribution in [1.82, 2.24) is 30.7 Å². The van der Waals surface area contributed by atoms with Crippen LogP contribution in [0.2, 0.25) is 0 Å². The van der Waals surface area contributed by atoms with Crippen LogP contribution in [0.5, 0.6) is 0 Å². The van der Waals surface area contributed by atoms with Gasteiger partial charge in [-0.15, -0.1) is 37.2 Å². The number of rotatable bonds is 15. The molecular weight excluding hydrogens is 1070 g/mol. The summed E-state index contributed by atoms with van der Waals surface area (Å²) in [4.78, 5) is 80.5. The van der Waals surface area contributed by atoms with Gasteiger partial charge in [-0.25, -0.2) is 13.2 Å². The van der Waals surface area contributed by atoms with Crippen LogP contribution in [-0.2, 0) is 51.8 Å². The van der Waals surface area contributed by atoms with Gasteiger partial charge in [-0.05, 0) is 130 Å². The van der Waals surface area contributed by atoms with Gasteiger partial charge in [0.1, 0.15) is 35.2 Å². The van der Waals surface area contributed by atoms with E-state index in [4.69, 9.17) is 9.47 Å². The Hall–Kier alpha value is -5.35. The lowest BCUT2D eigenvalue weighted by Gasteiger charge is -2.43. The maximum Gasteiger partial charge on any atom is 0.252 e. The van der Waals surface area contributed by atoms with E-state index in [2.05, 4.69) is 50.2 Å². The summed E-state index contributed by atoms with van der Waals surface area (Å²) in [6.07, 6.45) is 1.38. The Morgan fingerprint density at radius 1 is 0.846 bits per heavy atom. The third-order valence-electron chi connectivity index (χ3n) is 15.8. The number of para-hydroxylation sites is 1. The summed E-state index contributed by atoms with van der Waals surface area (Å²) in [5.41, 5.74) is 2.10. The Kier molecular flexibility index (Phi) is 21.2. The number of hydrogen-bond donors (Lipinski definition) is 5. The van der Waals surface area contributed by atoms with Crippen molar-refractivity contribution in [3.05, 3.63) is 124 Å². The molecule has 3 unspecified atom stereocenters. The molecule has 0 saturated carbocycles. The van der Waals surface area contributed by atoms with E-state index in [1.165, 1.54) is 23.1 Å². The van der Waals surface area contributed by atoms with Gasteiger partial charge >= 0.3 is 0 Å². The monoisotopic (exact) mass is 1140 g/mol. The van der Waals surface area contributed by atoms with Crippen LogP contribution >= 0.6 is 37.2 Å². The van der Waals surface area contributed by atoms with Crippen molar-refractivity contribution in [1.29, 1.82) is 0 Å². The first kappa shape index (κ1) is 61.9. The number of morpholine rings is 1. The fourth-order valence-corrected chi connectivity index (χ4v) is 11.2.